The van der Waals surface area contributed by atoms with Crippen LogP contribution in [0.15, 0.2) is 0 Å². The van der Waals surface area contributed by atoms with Gasteiger partial charge in [-0.15, -0.1) is 12.4 Å². The van der Waals surface area contributed by atoms with Crippen molar-refractivity contribution in [2.75, 3.05) is 0 Å². The fourth-order valence-electron chi connectivity index (χ4n) is 0. The van der Waals surface area contributed by atoms with Crippen LogP contribution in [-0.2, 0) is 0 Å². The largest absolute Gasteiger partial charge is 1.00 e. The van der Waals surface area contributed by atoms with Gasteiger partial charge in [-0.2, -0.15) is 0 Å². The maximum atomic E-state index is 0. The Balaban J connectivity index is 0. The van der Waals surface area contributed by atoms with E-state index >= 15 is 0 Å². The molecule has 3 N–H and O–H groups in total. The van der Waals surface area contributed by atoms with Crippen LogP contribution in [0.2, 0.25) is 0 Å². The molecule has 0 spiro atoms. The third-order valence-electron chi connectivity index (χ3n) is 0. The second-order valence-corrected chi connectivity index (χ2v) is 0. The first kappa shape index (κ1) is 57.7. The molecule has 0 amide bonds. The Morgan fingerprint density at radius 1 is 1.00 bits per heavy atom. The van der Waals surface area contributed by atoms with Crippen LogP contribution in [0.5, 0.6) is 0 Å². The van der Waals surface area contributed by atoms with Gasteiger partial charge in [-0.3, -0.25) is 0 Å². The molecular weight excluding hydrogens is 109 g/mol. The van der Waals surface area contributed by atoms with Gasteiger partial charge in [0.15, 0.2) is 0 Å². The average molecular weight is 113 g/mol. The Bertz CT molecular complexity index is 6.00. The minimum Gasteiger partial charge on any atom is -1.00 e. The van der Waals surface area contributed by atoms with Crippen LogP contribution in [0.25, 0.3) is 0 Å². The van der Waals surface area contributed by atoms with E-state index in [2.05, 4.69) is 0 Å². The summed E-state index contributed by atoms with van der Waals surface area (Å²) in [6, 6.07) is 0. The summed E-state index contributed by atoms with van der Waals surface area (Å²) in [6.07, 6.45) is 0. The van der Waals surface area contributed by atoms with Crippen LogP contribution in [0.4, 0.5) is 0 Å². The molecule has 0 unspecified atom stereocenters. The molecule has 0 aromatic carbocycles. The zero-order chi connectivity index (χ0) is 0. The van der Waals surface area contributed by atoms with Crippen molar-refractivity contribution >= 4 is 35.5 Å². The molecule has 0 heterocycles. The van der Waals surface area contributed by atoms with E-state index in [-0.39, 0.29) is 54.0 Å². The van der Waals surface area contributed by atoms with E-state index in [4.69, 9.17) is 0 Å². The van der Waals surface area contributed by atoms with Gasteiger partial charge in [-0.1, -0.05) is 0 Å². The second-order valence-electron chi connectivity index (χ2n) is 0. The molecule has 4 heavy (non-hydrogen) atoms. The molecular formula is H4Cl2MgN. The van der Waals surface area contributed by atoms with E-state index in [1.807, 2.05) is 0 Å². The Kier molecular flexibility index (Phi) is 398. The second kappa shape index (κ2) is 27.6. The van der Waals surface area contributed by atoms with Gasteiger partial charge < -0.3 is 18.6 Å². The van der Waals surface area contributed by atoms with E-state index in [1.54, 1.807) is 0 Å². The normalized spacial score (nSPS) is 0. The maximum Gasteiger partial charge on any atom is 1.00 e. The molecule has 0 atom stereocenters. The zero-order valence-corrected chi connectivity index (χ0v) is 5.19. The van der Waals surface area contributed by atoms with E-state index in [9.17, 15) is 0 Å². The van der Waals surface area contributed by atoms with Gasteiger partial charge in [0.25, 0.3) is 0 Å². The Labute approximate surface area is 54.1 Å². The van der Waals surface area contributed by atoms with E-state index in [1.165, 1.54) is 0 Å². The van der Waals surface area contributed by atoms with Crippen LogP contribution in [0, 0.1) is 0 Å². The predicted octanol–water partition coefficient (Wildman–Crippen LogP) is -2.79. The number of rotatable bonds is 0. The summed E-state index contributed by atoms with van der Waals surface area (Å²) < 4.78 is 0. The van der Waals surface area contributed by atoms with Crippen molar-refractivity contribution in [3.05, 3.63) is 0 Å². The molecule has 0 aromatic heterocycles. The molecule has 4 heteroatoms. The molecule has 0 saturated heterocycles. The summed E-state index contributed by atoms with van der Waals surface area (Å²) in [6.45, 7) is 0. The predicted molar refractivity (Wildman–Crippen MR) is 18.0 cm³/mol. The van der Waals surface area contributed by atoms with Crippen LogP contribution in [0.3, 0.4) is 0 Å². The fraction of sp³-hybridized carbons (Fsp3) is 0. The molecule has 0 fully saturated rings. The van der Waals surface area contributed by atoms with Crippen molar-refractivity contribution in [2.24, 2.45) is 0 Å². The van der Waals surface area contributed by atoms with Crippen LogP contribution < -0.4 is 18.6 Å². The van der Waals surface area contributed by atoms with Gasteiger partial charge in [-0.25, -0.2) is 0 Å². The molecule has 0 aliphatic heterocycles. The summed E-state index contributed by atoms with van der Waals surface area (Å²) in [5.41, 5.74) is 0. The quantitative estimate of drug-likeness (QED) is 0.339. The maximum absolute atomic E-state index is 0. The van der Waals surface area contributed by atoms with Crippen molar-refractivity contribution in [2.45, 2.75) is 0 Å². The van der Waals surface area contributed by atoms with E-state index < -0.39 is 0 Å². The van der Waals surface area contributed by atoms with Crippen LogP contribution >= 0.6 is 12.4 Å². The van der Waals surface area contributed by atoms with Crippen molar-refractivity contribution in [1.29, 1.82) is 0 Å². The Morgan fingerprint density at radius 3 is 1.00 bits per heavy atom. The standard InChI is InChI=1S/2ClH.Mg.H3N/h2*1H;;1H3/q;;+1;/p-1. The molecule has 0 aromatic rings. The summed E-state index contributed by atoms with van der Waals surface area (Å²) in [5, 5.41) is 0. The van der Waals surface area contributed by atoms with E-state index in [0.717, 1.165) is 0 Å². The smallest absolute Gasteiger partial charge is 1.00 e. The number of hydrogen-bond acceptors (Lipinski definition) is 1. The van der Waals surface area contributed by atoms with E-state index in [0.29, 0.717) is 0 Å². The van der Waals surface area contributed by atoms with Gasteiger partial charge in [0.2, 0.25) is 0 Å². The fourth-order valence-corrected chi connectivity index (χ4v) is 0. The minimum atomic E-state index is 0. The van der Waals surface area contributed by atoms with Crippen molar-refractivity contribution in [1.82, 2.24) is 6.15 Å². The molecule has 1 radical (unpaired) electrons. The monoisotopic (exact) mass is 112 g/mol. The van der Waals surface area contributed by atoms with Crippen molar-refractivity contribution in [3.8, 4) is 0 Å². The van der Waals surface area contributed by atoms with Crippen molar-refractivity contribution in [3.63, 3.8) is 0 Å². The number of hydrogen-bond donors (Lipinski definition) is 1. The third kappa shape index (κ3) is 10.3. The summed E-state index contributed by atoms with van der Waals surface area (Å²) >= 11 is 0. The SMILES string of the molecule is Cl.N.[Cl-].[Mg+]. The zero-order valence-electron chi connectivity index (χ0n) is 2.20. The van der Waals surface area contributed by atoms with Gasteiger partial charge in [-0.05, 0) is 0 Å². The summed E-state index contributed by atoms with van der Waals surface area (Å²) in [5.74, 6) is 0. The first-order valence-corrected chi connectivity index (χ1v) is 0. The molecule has 0 rings (SSSR count). The summed E-state index contributed by atoms with van der Waals surface area (Å²) in [4.78, 5) is 0. The molecule has 1 nitrogen and oxygen atoms in total. The number of halogens is 2. The first-order chi connectivity index (χ1) is 0. The molecule has 25 valence electrons. The third-order valence-corrected chi connectivity index (χ3v) is 0. The molecule has 0 aliphatic carbocycles. The average Bonchev–Trinajstić information content (AvgIpc) is 0. The van der Waals surface area contributed by atoms with Gasteiger partial charge >= 0.3 is 23.1 Å². The van der Waals surface area contributed by atoms with Crippen LogP contribution in [-0.4, -0.2) is 23.1 Å². The van der Waals surface area contributed by atoms with Gasteiger partial charge in [0, 0.05) is 0 Å². The molecule has 0 aliphatic rings. The first-order valence-electron chi connectivity index (χ1n) is 0. The van der Waals surface area contributed by atoms with Gasteiger partial charge in [0.1, 0.15) is 0 Å². The molecule has 0 bridgehead atoms. The van der Waals surface area contributed by atoms with Gasteiger partial charge in [0.05, 0.1) is 0 Å². The Morgan fingerprint density at radius 2 is 1.00 bits per heavy atom. The van der Waals surface area contributed by atoms with Crippen LogP contribution in [0.1, 0.15) is 0 Å². The minimum absolute atomic E-state index is 0. The topological polar surface area (TPSA) is 35.0 Å². The Hall–Kier alpha value is 1.31. The summed E-state index contributed by atoms with van der Waals surface area (Å²) in [7, 11) is 0. The van der Waals surface area contributed by atoms with Crippen molar-refractivity contribution < 1.29 is 12.4 Å². The molecule has 0 saturated carbocycles.